The lowest BCUT2D eigenvalue weighted by Gasteiger charge is -2.26. The van der Waals surface area contributed by atoms with Crippen LogP contribution < -0.4 is 0 Å². The van der Waals surface area contributed by atoms with Crippen molar-refractivity contribution in [1.82, 2.24) is 14.7 Å². The summed E-state index contributed by atoms with van der Waals surface area (Å²) in [6.07, 6.45) is 1.00. The average molecular weight is 404 g/mol. The molecule has 1 saturated heterocycles. The van der Waals surface area contributed by atoms with Crippen LogP contribution in [0.25, 0.3) is 11.1 Å². The number of hydrogen-bond acceptors (Lipinski definition) is 3. The normalized spacial score (nSPS) is 16.0. The third kappa shape index (κ3) is 4.62. The van der Waals surface area contributed by atoms with Crippen LogP contribution in [0.3, 0.4) is 0 Å². The monoisotopic (exact) mass is 403 g/mol. The minimum Gasteiger partial charge on any atom is -0.381 e. The molecule has 0 saturated carbocycles. The van der Waals surface area contributed by atoms with Gasteiger partial charge in [0.1, 0.15) is 5.69 Å². The number of carbonyl (C=O) groups is 1. The Balaban J connectivity index is 1.55. The van der Waals surface area contributed by atoms with Gasteiger partial charge in [-0.2, -0.15) is 5.10 Å². The Hall–Kier alpha value is -2.92. The van der Waals surface area contributed by atoms with Gasteiger partial charge in [-0.3, -0.25) is 9.48 Å². The molecular formula is C25H29N3O2. The molecule has 0 N–H and O–H groups in total. The molecule has 1 unspecified atom stereocenters. The van der Waals surface area contributed by atoms with Crippen molar-refractivity contribution in [2.24, 2.45) is 5.92 Å². The number of rotatable bonds is 7. The molecule has 2 aromatic carbocycles. The van der Waals surface area contributed by atoms with E-state index in [9.17, 15) is 4.79 Å². The zero-order valence-electron chi connectivity index (χ0n) is 17.8. The van der Waals surface area contributed by atoms with Gasteiger partial charge in [0.15, 0.2) is 0 Å². The van der Waals surface area contributed by atoms with Gasteiger partial charge in [0.25, 0.3) is 5.91 Å². The molecule has 156 valence electrons. The number of amides is 1. The van der Waals surface area contributed by atoms with Gasteiger partial charge in [-0.25, -0.2) is 0 Å². The van der Waals surface area contributed by atoms with Crippen molar-refractivity contribution < 1.29 is 9.53 Å². The molecule has 1 aliphatic rings. The number of hydrogen-bond donors (Lipinski definition) is 0. The summed E-state index contributed by atoms with van der Waals surface area (Å²) >= 11 is 0. The average Bonchev–Trinajstić information content (AvgIpc) is 3.43. The van der Waals surface area contributed by atoms with E-state index in [1.165, 1.54) is 11.1 Å². The van der Waals surface area contributed by atoms with Crippen LogP contribution in [0.4, 0.5) is 0 Å². The molecule has 1 amide bonds. The van der Waals surface area contributed by atoms with Crippen LogP contribution in [0.5, 0.6) is 0 Å². The van der Waals surface area contributed by atoms with E-state index in [4.69, 9.17) is 4.74 Å². The first-order chi connectivity index (χ1) is 14.6. The standard InChI is InChI=1S/C25H29N3O2/c1-3-28-24(15-19(2)26-28)25(29)27(17-21-13-14-30-18-21)16-20-9-11-23(12-10-20)22-7-5-4-6-8-22/h4-12,15,21H,3,13-14,16-18H2,1-2H3. The molecule has 0 radical (unpaired) electrons. The summed E-state index contributed by atoms with van der Waals surface area (Å²) in [5, 5.41) is 4.46. The largest absolute Gasteiger partial charge is 0.381 e. The molecule has 2 heterocycles. The Morgan fingerprint density at radius 1 is 1.13 bits per heavy atom. The highest BCUT2D eigenvalue weighted by molar-refractivity contribution is 5.92. The second kappa shape index (κ2) is 9.26. The van der Waals surface area contributed by atoms with Gasteiger partial charge in [0, 0.05) is 32.2 Å². The van der Waals surface area contributed by atoms with Crippen molar-refractivity contribution >= 4 is 5.91 Å². The van der Waals surface area contributed by atoms with Gasteiger partial charge in [0.2, 0.25) is 0 Å². The van der Waals surface area contributed by atoms with Crippen molar-refractivity contribution in [2.75, 3.05) is 19.8 Å². The fourth-order valence-electron chi connectivity index (χ4n) is 4.03. The zero-order chi connectivity index (χ0) is 20.9. The lowest BCUT2D eigenvalue weighted by Crippen LogP contribution is -2.36. The predicted molar refractivity (Wildman–Crippen MR) is 118 cm³/mol. The first-order valence-electron chi connectivity index (χ1n) is 10.7. The van der Waals surface area contributed by atoms with E-state index in [0.29, 0.717) is 31.2 Å². The van der Waals surface area contributed by atoms with Crippen molar-refractivity contribution in [3.63, 3.8) is 0 Å². The molecule has 3 aromatic rings. The molecule has 0 bridgehead atoms. The summed E-state index contributed by atoms with van der Waals surface area (Å²) in [6, 6.07) is 20.7. The third-order valence-electron chi connectivity index (χ3n) is 5.65. The van der Waals surface area contributed by atoms with Crippen molar-refractivity contribution in [2.45, 2.75) is 33.4 Å². The van der Waals surface area contributed by atoms with Crippen LogP contribution in [0, 0.1) is 12.8 Å². The molecule has 5 heteroatoms. The Morgan fingerprint density at radius 2 is 1.87 bits per heavy atom. The molecule has 0 aliphatic carbocycles. The van der Waals surface area contributed by atoms with Crippen molar-refractivity contribution in [1.29, 1.82) is 0 Å². The Kier molecular flexibility index (Phi) is 6.29. The molecule has 0 spiro atoms. The first kappa shape index (κ1) is 20.4. The number of aryl methyl sites for hydroxylation is 2. The minimum absolute atomic E-state index is 0.0384. The van der Waals surface area contributed by atoms with Crippen LogP contribution in [-0.2, 0) is 17.8 Å². The lowest BCUT2D eigenvalue weighted by molar-refractivity contribution is 0.0694. The summed E-state index contributed by atoms with van der Waals surface area (Å²) in [7, 11) is 0. The highest BCUT2D eigenvalue weighted by Crippen LogP contribution is 2.22. The Labute approximate surface area is 178 Å². The topological polar surface area (TPSA) is 47.4 Å². The number of benzene rings is 2. The smallest absolute Gasteiger partial charge is 0.272 e. The summed E-state index contributed by atoms with van der Waals surface area (Å²) in [6.45, 7) is 7.42. The second-order valence-corrected chi connectivity index (χ2v) is 7.96. The molecule has 4 rings (SSSR count). The molecule has 1 aliphatic heterocycles. The van der Waals surface area contributed by atoms with E-state index < -0.39 is 0 Å². The van der Waals surface area contributed by atoms with Gasteiger partial charge in [-0.1, -0.05) is 54.6 Å². The van der Waals surface area contributed by atoms with Gasteiger partial charge in [-0.15, -0.1) is 0 Å². The quantitative estimate of drug-likeness (QED) is 0.581. The Bertz CT molecular complexity index is 973. The van der Waals surface area contributed by atoms with Gasteiger partial charge >= 0.3 is 0 Å². The van der Waals surface area contributed by atoms with Gasteiger partial charge in [-0.05, 0) is 43.0 Å². The van der Waals surface area contributed by atoms with E-state index in [1.807, 2.05) is 43.0 Å². The highest BCUT2D eigenvalue weighted by atomic mass is 16.5. The molecular weight excluding hydrogens is 374 g/mol. The maximum absolute atomic E-state index is 13.4. The van der Waals surface area contributed by atoms with Crippen LogP contribution >= 0.6 is 0 Å². The lowest BCUT2D eigenvalue weighted by atomic mass is 10.0. The van der Waals surface area contributed by atoms with Gasteiger partial charge < -0.3 is 9.64 Å². The molecule has 30 heavy (non-hydrogen) atoms. The van der Waals surface area contributed by atoms with Crippen LogP contribution in [0.2, 0.25) is 0 Å². The fraction of sp³-hybridized carbons (Fsp3) is 0.360. The van der Waals surface area contributed by atoms with E-state index in [0.717, 1.165) is 30.9 Å². The van der Waals surface area contributed by atoms with E-state index in [-0.39, 0.29) is 5.91 Å². The van der Waals surface area contributed by atoms with Crippen LogP contribution in [0.1, 0.15) is 35.1 Å². The molecule has 1 aromatic heterocycles. The number of ether oxygens (including phenoxy) is 1. The number of carbonyl (C=O) groups excluding carboxylic acids is 1. The second-order valence-electron chi connectivity index (χ2n) is 7.96. The van der Waals surface area contributed by atoms with Crippen molar-refractivity contribution in [3.8, 4) is 11.1 Å². The number of nitrogens with zero attached hydrogens (tertiary/aromatic N) is 3. The minimum atomic E-state index is 0.0384. The Morgan fingerprint density at radius 3 is 2.53 bits per heavy atom. The van der Waals surface area contributed by atoms with Crippen LogP contribution in [0.15, 0.2) is 60.7 Å². The SMILES string of the molecule is CCn1nc(C)cc1C(=O)N(Cc1ccc(-c2ccccc2)cc1)CC1CCOC1. The van der Waals surface area contributed by atoms with Crippen LogP contribution in [-0.4, -0.2) is 40.3 Å². The summed E-state index contributed by atoms with van der Waals surface area (Å²) in [4.78, 5) is 15.4. The van der Waals surface area contributed by atoms with Gasteiger partial charge in [0.05, 0.1) is 12.3 Å². The van der Waals surface area contributed by atoms with E-state index in [1.54, 1.807) is 4.68 Å². The zero-order valence-corrected chi connectivity index (χ0v) is 17.8. The fourth-order valence-corrected chi connectivity index (χ4v) is 4.03. The van der Waals surface area contributed by atoms with E-state index >= 15 is 0 Å². The molecule has 5 nitrogen and oxygen atoms in total. The summed E-state index contributed by atoms with van der Waals surface area (Å²) in [5.41, 5.74) is 5.04. The molecule has 1 fully saturated rings. The maximum Gasteiger partial charge on any atom is 0.272 e. The summed E-state index contributed by atoms with van der Waals surface area (Å²) < 4.78 is 7.35. The van der Waals surface area contributed by atoms with E-state index in [2.05, 4.69) is 41.5 Å². The molecule has 1 atom stereocenters. The summed E-state index contributed by atoms with van der Waals surface area (Å²) in [5.74, 6) is 0.424. The third-order valence-corrected chi connectivity index (χ3v) is 5.65. The number of aromatic nitrogens is 2. The maximum atomic E-state index is 13.4. The van der Waals surface area contributed by atoms with Crippen molar-refractivity contribution in [3.05, 3.63) is 77.6 Å². The predicted octanol–water partition coefficient (Wildman–Crippen LogP) is 4.56. The first-order valence-corrected chi connectivity index (χ1v) is 10.7. The highest BCUT2D eigenvalue weighted by Gasteiger charge is 2.25.